The van der Waals surface area contributed by atoms with Crippen molar-refractivity contribution in [2.24, 2.45) is 0 Å². The second-order valence-corrected chi connectivity index (χ2v) is 6.00. The Morgan fingerprint density at radius 2 is 2.10 bits per heavy atom. The fourth-order valence-corrected chi connectivity index (χ4v) is 3.07. The summed E-state index contributed by atoms with van der Waals surface area (Å²) in [5.74, 6) is -0.521. The molecule has 1 amide bonds. The van der Waals surface area contributed by atoms with Gasteiger partial charge >= 0.3 is 0 Å². The number of sulfonamides is 1. The van der Waals surface area contributed by atoms with Crippen LogP contribution in [-0.4, -0.2) is 51.5 Å². The van der Waals surface area contributed by atoms with Crippen molar-refractivity contribution in [1.29, 1.82) is 0 Å². The van der Waals surface area contributed by atoms with Crippen LogP contribution in [0.3, 0.4) is 0 Å². The minimum Gasteiger partial charge on any atom is -0.438 e. The molecule has 20 heavy (non-hydrogen) atoms. The quantitative estimate of drug-likeness (QED) is 0.786. The molecule has 0 aromatic carbocycles. The van der Waals surface area contributed by atoms with E-state index < -0.39 is 15.9 Å². The topological polar surface area (TPSA) is 88.9 Å². The molecule has 0 unspecified atom stereocenters. The highest BCUT2D eigenvalue weighted by Crippen LogP contribution is 2.19. The SMILES string of the molecule is C=CCNC(=O)c1ccc(S(=O)(=O)N2CCOCC2)o1. The first-order valence-electron chi connectivity index (χ1n) is 6.12. The first-order chi connectivity index (χ1) is 9.55. The monoisotopic (exact) mass is 300 g/mol. The van der Waals surface area contributed by atoms with E-state index in [1.807, 2.05) is 0 Å². The molecule has 7 nitrogen and oxygen atoms in total. The minimum absolute atomic E-state index is 0.0429. The van der Waals surface area contributed by atoms with Gasteiger partial charge in [0.25, 0.3) is 15.9 Å². The lowest BCUT2D eigenvalue weighted by Crippen LogP contribution is -2.40. The average Bonchev–Trinajstić information content (AvgIpc) is 2.96. The van der Waals surface area contributed by atoms with Crippen LogP contribution in [0, 0.1) is 0 Å². The van der Waals surface area contributed by atoms with Gasteiger partial charge in [0.1, 0.15) is 0 Å². The second-order valence-electron chi connectivity index (χ2n) is 4.13. The molecule has 1 fully saturated rings. The number of nitrogens with one attached hydrogen (secondary N) is 1. The standard InChI is InChI=1S/C12H16N2O5S/c1-2-5-13-12(15)10-3-4-11(19-10)20(16,17)14-6-8-18-9-7-14/h2-4H,1,5-9H2,(H,13,15). The molecule has 2 heterocycles. The Morgan fingerprint density at radius 1 is 1.40 bits per heavy atom. The summed E-state index contributed by atoms with van der Waals surface area (Å²) in [4.78, 5) is 11.6. The zero-order valence-corrected chi connectivity index (χ0v) is 11.7. The van der Waals surface area contributed by atoms with Crippen molar-refractivity contribution in [2.75, 3.05) is 32.8 Å². The Hall–Kier alpha value is -1.64. The van der Waals surface area contributed by atoms with Crippen LogP contribution < -0.4 is 5.32 Å². The van der Waals surface area contributed by atoms with Crippen molar-refractivity contribution in [2.45, 2.75) is 5.09 Å². The molecule has 2 rings (SSSR count). The van der Waals surface area contributed by atoms with Gasteiger partial charge in [0.05, 0.1) is 13.2 Å². The maximum absolute atomic E-state index is 12.3. The van der Waals surface area contributed by atoms with Gasteiger partial charge < -0.3 is 14.5 Å². The lowest BCUT2D eigenvalue weighted by Gasteiger charge is -2.24. The maximum atomic E-state index is 12.3. The molecule has 1 saturated heterocycles. The number of furan rings is 1. The smallest absolute Gasteiger partial charge is 0.287 e. The molecule has 1 aliphatic rings. The molecule has 8 heteroatoms. The lowest BCUT2D eigenvalue weighted by atomic mass is 10.4. The third-order valence-electron chi connectivity index (χ3n) is 2.78. The molecule has 0 atom stereocenters. The number of amides is 1. The van der Waals surface area contributed by atoms with Crippen molar-refractivity contribution in [3.8, 4) is 0 Å². The van der Waals surface area contributed by atoms with Crippen LogP contribution in [0.25, 0.3) is 0 Å². The van der Waals surface area contributed by atoms with Crippen LogP contribution in [0.5, 0.6) is 0 Å². The van der Waals surface area contributed by atoms with Crippen LogP contribution in [0.2, 0.25) is 0 Å². The summed E-state index contributed by atoms with van der Waals surface area (Å²) in [7, 11) is -3.71. The van der Waals surface area contributed by atoms with Gasteiger partial charge in [-0.15, -0.1) is 6.58 Å². The van der Waals surface area contributed by atoms with Gasteiger partial charge in [0.15, 0.2) is 5.76 Å². The van der Waals surface area contributed by atoms with Gasteiger partial charge in [-0.1, -0.05) is 6.08 Å². The van der Waals surface area contributed by atoms with E-state index in [9.17, 15) is 13.2 Å². The van der Waals surface area contributed by atoms with E-state index in [1.54, 1.807) is 0 Å². The molecule has 1 aromatic rings. The van der Waals surface area contributed by atoms with Gasteiger partial charge in [-0.05, 0) is 12.1 Å². The van der Waals surface area contributed by atoms with Crippen molar-refractivity contribution in [3.63, 3.8) is 0 Å². The number of carbonyl (C=O) groups excluding carboxylic acids is 1. The van der Waals surface area contributed by atoms with E-state index in [-0.39, 0.29) is 30.5 Å². The summed E-state index contributed by atoms with van der Waals surface area (Å²) in [6, 6.07) is 2.62. The highest BCUT2D eigenvalue weighted by atomic mass is 32.2. The highest BCUT2D eigenvalue weighted by Gasteiger charge is 2.29. The van der Waals surface area contributed by atoms with E-state index in [4.69, 9.17) is 9.15 Å². The number of nitrogens with zero attached hydrogens (tertiary/aromatic N) is 1. The average molecular weight is 300 g/mol. The highest BCUT2D eigenvalue weighted by molar-refractivity contribution is 7.89. The van der Waals surface area contributed by atoms with Gasteiger partial charge in [-0.2, -0.15) is 4.31 Å². The zero-order valence-electron chi connectivity index (χ0n) is 10.9. The zero-order chi connectivity index (χ0) is 14.6. The predicted octanol–water partition coefficient (Wildman–Crippen LogP) is 0.216. The minimum atomic E-state index is -3.71. The van der Waals surface area contributed by atoms with E-state index >= 15 is 0 Å². The third kappa shape index (κ3) is 3.09. The fraction of sp³-hybridized carbons (Fsp3) is 0.417. The number of ether oxygens (including phenoxy) is 1. The van der Waals surface area contributed by atoms with E-state index in [1.165, 1.54) is 22.5 Å². The molecule has 1 aliphatic heterocycles. The third-order valence-corrected chi connectivity index (χ3v) is 4.55. The van der Waals surface area contributed by atoms with Crippen LogP contribution >= 0.6 is 0 Å². The Balaban J connectivity index is 2.14. The van der Waals surface area contributed by atoms with Crippen molar-refractivity contribution in [3.05, 3.63) is 30.5 Å². The number of morpholine rings is 1. The van der Waals surface area contributed by atoms with Crippen LogP contribution in [0.4, 0.5) is 0 Å². The second kappa shape index (κ2) is 6.21. The molecule has 110 valence electrons. The molecular weight excluding hydrogens is 284 g/mol. The Morgan fingerprint density at radius 3 is 2.75 bits per heavy atom. The first kappa shape index (κ1) is 14.8. The number of hydrogen-bond donors (Lipinski definition) is 1. The molecule has 1 aromatic heterocycles. The van der Waals surface area contributed by atoms with Crippen molar-refractivity contribution < 1.29 is 22.4 Å². The first-order valence-corrected chi connectivity index (χ1v) is 7.56. The molecule has 1 N–H and O–H groups in total. The van der Waals surface area contributed by atoms with Crippen LogP contribution in [0.1, 0.15) is 10.6 Å². The molecule has 0 aliphatic carbocycles. The number of hydrogen-bond acceptors (Lipinski definition) is 5. The van der Waals surface area contributed by atoms with Gasteiger partial charge in [0.2, 0.25) is 5.09 Å². The summed E-state index contributed by atoms with van der Waals surface area (Å²) in [6.45, 7) is 5.02. The van der Waals surface area contributed by atoms with E-state index in [0.29, 0.717) is 13.2 Å². The predicted molar refractivity (Wildman–Crippen MR) is 70.8 cm³/mol. The molecule has 0 saturated carbocycles. The van der Waals surface area contributed by atoms with Gasteiger partial charge in [0, 0.05) is 19.6 Å². The number of rotatable bonds is 5. The number of carbonyl (C=O) groups is 1. The Bertz CT molecular complexity index is 587. The summed E-state index contributed by atoms with van der Waals surface area (Å²) in [5.41, 5.74) is 0. The molecular formula is C12H16N2O5S. The molecule has 0 radical (unpaired) electrons. The normalized spacial score (nSPS) is 16.8. The summed E-state index contributed by atoms with van der Waals surface area (Å²) in [6.07, 6.45) is 1.52. The lowest BCUT2D eigenvalue weighted by molar-refractivity contribution is 0.0722. The Kier molecular flexibility index (Phi) is 4.58. The van der Waals surface area contributed by atoms with E-state index in [2.05, 4.69) is 11.9 Å². The Labute approximate surface area is 117 Å². The molecule has 0 bridgehead atoms. The summed E-state index contributed by atoms with van der Waals surface area (Å²) < 4.78 is 36.1. The maximum Gasteiger partial charge on any atom is 0.287 e. The van der Waals surface area contributed by atoms with Crippen LogP contribution in [0.15, 0.2) is 34.3 Å². The summed E-state index contributed by atoms with van der Waals surface area (Å²) in [5, 5.41) is 2.28. The van der Waals surface area contributed by atoms with Gasteiger partial charge in [-0.3, -0.25) is 4.79 Å². The van der Waals surface area contributed by atoms with Gasteiger partial charge in [-0.25, -0.2) is 8.42 Å². The molecule has 0 spiro atoms. The van der Waals surface area contributed by atoms with Crippen LogP contribution in [-0.2, 0) is 14.8 Å². The van der Waals surface area contributed by atoms with Crippen molar-refractivity contribution >= 4 is 15.9 Å². The van der Waals surface area contributed by atoms with E-state index in [0.717, 1.165) is 0 Å². The van der Waals surface area contributed by atoms with Crippen molar-refractivity contribution in [1.82, 2.24) is 9.62 Å². The summed E-state index contributed by atoms with van der Waals surface area (Å²) >= 11 is 0. The fourth-order valence-electron chi connectivity index (χ4n) is 1.75. The largest absolute Gasteiger partial charge is 0.438 e.